The summed E-state index contributed by atoms with van der Waals surface area (Å²) in [6.07, 6.45) is 0. The fourth-order valence-electron chi connectivity index (χ4n) is 2.92. The van der Waals surface area contributed by atoms with Crippen molar-refractivity contribution in [2.75, 3.05) is 92.1 Å². The van der Waals surface area contributed by atoms with Crippen LogP contribution < -0.4 is 4.74 Å². The number of thioether (sulfide) groups is 1. The summed E-state index contributed by atoms with van der Waals surface area (Å²) in [5, 5.41) is 20.2. The fraction of sp³-hybridized carbons (Fsp3) is 0.667. The SMILES string of the molecule is COCCOCCOCCOCCOCCOCCOc1cccc(O)c1C1=N[C@@](C)(C(=O)O)CS1. The Bertz CT molecular complexity index is 809. The molecule has 1 heterocycles. The van der Waals surface area contributed by atoms with Gasteiger partial charge in [-0.2, -0.15) is 0 Å². The van der Waals surface area contributed by atoms with Gasteiger partial charge in [0, 0.05) is 12.9 Å². The van der Waals surface area contributed by atoms with Crippen LogP contribution in [0.1, 0.15) is 12.5 Å². The van der Waals surface area contributed by atoms with Crippen LogP contribution in [-0.2, 0) is 33.2 Å². The van der Waals surface area contributed by atoms with Gasteiger partial charge in [0.05, 0.1) is 78.2 Å². The first-order chi connectivity index (χ1) is 17.5. The number of carboxylic acids is 1. The standard InChI is InChI=1S/C24H37NO10S/c1-24(23(27)28)18-36-22(25-24)21-19(26)4-3-5-20(21)35-17-16-34-15-14-33-13-12-32-11-10-31-9-8-30-7-6-29-2/h3-5,26H,6-18H2,1-2H3,(H,27,28)/t24-/m1/s1. The molecule has 11 nitrogen and oxygen atoms in total. The second-order valence-corrected chi connectivity index (χ2v) is 8.80. The Morgan fingerprint density at radius 1 is 0.889 bits per heavy atom. The molecular weight excluding hydrogens is 494 g/mol. The van der Waals surface area contributed by atoms with E-state index < -0.39 is 11.5 Å². The number of ether oxygens (including phenoxy) is 7. The van der Waals surface area contributed by atoms with Gasteiger partial charge in [-0.25, -0.2) is 4.79 Å². The summed E-state index contributed by atoms with van der Waals surface area (Å²) in [4.78, 5) is 15.8. The highest BCUT2D eigenvalue weighted by atomic mass is 32.2. The summed E-state index contributed by atoms with van der Waals surface area (Å²) in [6, 6.07) is 4.89. The molecule has 0 saturated carbocycles. The molecule has 1 aliphatic heterocycles. The molecule has 36 heavy (non-hydrogen) atoms. The normalized spacial score (nSPS) is 17.3. The number of aliphatic imine (C=N–C) groups is 1. The summed E-state index contributed by atoms with van der Waals surface area (Å²) in [6.45, 7) is 7.09. The largest absolute Gasteiger partial charge is 0.507 e. The number of phenols is 1. The molecule has 1 aromatic carbocycles. The zero-order valence-electron chi connectivity index (χ0n) is 20.9. The van der Waals surface area contributed by atoms with E-state index in [0.717, 1.165) is 0 Å². The molecule has 0 spiro atoms. The summed E-state index contributed by atoms with van der Waals surface area (Å²) < 4.78 is 37.7. The van der Waals surface area contributed by atoms with Gasteiger partial charge >= 0.3 is 5.97 Å². The lowest BCUT2D eigenvalue weighted by Gasteiger charge is -2.13. The second kappa shape index (κ2) is 17.5. The predicted molar refractivity (Wildman–Crippen MR) is 135 cm³/mol. The van der Waals surface area contributed by atoms with Gasteiger partial charge in [-0.3, -0.25) is 4.99 Å². The van der Waals surface area contributed by atoms with E-state index in [0.29, 0.717) is 94.8 Å². The summed E-state index contributed by atoms with van der Waals surface area (Å²) in [7, 11) is 1.63. The molecule has 1 aliphatic rings. The maximum atomic E-state index is 11.5. The molecule has 0 amide bonds. The molecule has 0 aliphatic carbocycles. The van der Waals surface area contributed by atoms with Crippen molar-refractivity contribution in [2.45, 2.75) is 12.5 Å². The van der Waals surface area contributed by atoms with E-state index in [4.69, 9.17) is 33.2 Å². The van der Waals surface area contributed by atoms with E-state index in [9.17, 15) is 15.0 Å². The molecule has 0 saturated heterocycles. The summed E-state index contributed by atoms with van der Waals surface area (Å²) >= 11 is 1.28. The van der Waals surface area contributed by atoms with E-state index >= 15 is 0 Å². The molecular formula is C24H37NO10S. The Hall–Kier alpha value is -1.93. The quantitative estimate of drug-likeness (QED) is 0.225. The van der Waals surface area contributed by atoms with Crippen molar-refractivity contribution in [3.8, 4) is 11.5 Å². The van der Waals surface area contributed by atoms with Crippen LogP contribution in [0.15, 0.2) is 23.2 Å². The Labute approximate surface area is 216 Å². The minimum atomic E-state index is -1.22. The first-order valence-corrected chi connectivity index (χ1v) is 12.8. The first-order valence-electron chi connectivity index (χ1n) is 11.8. The monoisotopic (exact) mass is 531 g/mol. The van der Waals surface area contributed by atoms with Crippen molar-refractivity contribution < 1.29 is 48.2 Å². The van der Waals surface area contributed by atoms with Crippen molar-refractivity contribution in [1.29, 1.82) is 0 Å². The lowest BCUT2D eigenvalue weighted by Crippen LogP contribution is -2.33. The lowest BCUT2D eigenvalue weighted by atomic mass is 10.1. The Balaban J connectivity index is 1.50. The number of rotatable bonds is 21. The third kappa shape index (κ3) is 11.0. The molecule has 1 aromatic rings. The molecule has 2 N–H and O–H groups in total. The molecule has 0 fully saturated rings. The van der Waals surface area contributed by atoms with Crippen molar-refractivity contribution in [3.05, 3.63) is 23.8 Å². The fourth-order valence-corrected chi connectivity index (χ4v) is 4.15. The number of phenolic OH excluding ortho intramolecular Hbond substituents is 1. The number of hydrogen-bond donors (Lipinski definition) is 2. The van der Waals surface area contributed by atoms with Gasteiger partial charge in [0.15, 0.2) is 5.54 Å². The molecule has 12 heteroatoms. The van der Waals surface area contributed by atoms with Crippen LogP contribution in [0.5, 0.6) is 11.5 Å². The summed E-state index contributed by atoms with van der Waals surface area (Å²) in [5.74, 6) is -0.299. The van der Waals surface area contributed by atoms with E-state index in [2.05, 4.69) is 4.99 Å². The number of benzene rings is 1. The van der Waals surface area contributed by atoms with E-state index in [1.807, 2.05) is 0 Å². The number of methoxy groups -OCH3 is 1. The number of carboxylic acid groups (broad SMARTS) is 1. The van der Waals surface area contributed by atoms with Crippen LogP contribution >= 0.6 is 11.8 Å². The second-order valence-electron chi connectivity index (χ2n) is 7.84. The summed E-state index contributed by atoms with van der Waals surface area (Å²) in [5.41, 5.74) is -0.822. The van der Waals surface area contributed by atoms with Gasteiger partial charge < -0.3 is 43.4 Å². The highest BCUT2D eigenvalue weighted by Crippen LogP contribution is 2.38. The Morgan fingerprint density at radius 2 is 1.39 bits per heavy atom. The van der Waals surface area contributed by atoms with Crippen molar-refractivity contribution >= 4 is 22.8 Å². The van der Waals surface area contributed by atoms with Crippen molar-refractivity contribution in [1.82, 2.24) is 0 Å². The van der Waals surface area contributed by atoms with Crippen LogP contribution in [0.4, 0.5) is 0 Å². The molecule has 0 bridgehead atoms. The van der Waals surface area contributed by atoms with E-state index in [1.165, 1.54) is 17.8 Å². The molecule has 0 aromatic heterocycles. The van der Waals surface area contributed by atoms with Gasteiger partial charge in [0.25, 0.3) is 0 Å². The minimum absolute atomic E-state index is 0.0107. The van der Waals surface area contributed by atoms with Crippen LogP contribution in [0, 0.1) is 0 Å². The maximum absolute atomic E-state index is 11.5. The maximum Gasteiger partial charge on any atom is 0.332 e. The van der Waals surface area contributed by atoms with Crippen LogP contribution in [0.25, 0.3) is 0 Å². The minimum Gasteiger partial charge on any atom is -0.507 e. The number of carbonyl (C=O) groups is 1. The smallest absolute Gasteiger partial charge is 0.332 e. The van der Waals surface area contributed by atoms with E-state index in [1.54, 1.807) is 26.2 Å². The third-order valence-corrected chi connectivity index (χ3v) is 6.20. The first kappa shape index (κ1) is 30.3. The number of nitrogens with zero attached hydrogens (tertiary/aromatic N) is 1. The van der Waals surface area contributed by atoms with Gasteiger partial charge in [-0.05, 0) is 19.1 Å². The van der Waals surface area contributed by atoms with Gasteiger partial charge in [-0.1, -0.05) is 6.07 Å². The number of aromatic hydroxyl groups is 1. The molecule has 2 rings (SSSR count). The van der Waals surface area contributed by atoms with E-state index in [-0.39, 0.29) is 12.4 Å². The lowest BCUT2D eigenvalue weighted by molar-refractivity contribution is -0.141. The highest BCUT2D eigenvalue weighted by Gasteiger charge is 2.39. The number of hydrogen-bond acceptors (Lipinski definition) is 11. The highest BCUT2D eigenvalue weighted by molar-refractivity contribution is 8.14. The van der Waals surface area contributed by atoms with Crippen LogP contribution in [-0.4, -0.2) is 119 Å². The molecule has 1 atom stereocenters. The topological polar surface area (TPSA) is 134 Å². The van der Waals surface area contributed by atoms with Gasteiger partial charge in [-0.15, -0.1) is 11.8 Å². The average Bonchev–Trinajstić information content (AvgIpc) is 3.26. The zero-order valence-corrected chi connectivity index (χ0v) is 21.8. The Morgan fingerprint density at radius 3 is 1.86 bits per heavy atom. The van der Waals surface area contributed by atoms with Gasteiger partial charge in [0.2, 0.25) is 0 Å². The molecule has 0 unspecified atom stereocenters. The Kier molecular flexibility index (Phi) is 14.7. The molecule has 204 valence electrons. The van der Waals surface area contributed by atoms with Crippen LogP contribution in [0.2, 0.25) is 0 Å². The van der Waals surface area contributed by atoms with Crippen molar-refractivity contribution in [3.63, 3.8) is 0 Å². The average molecular weight is 532 g/mol. The predicted octanol–water partition coefficient (Wildman–Crippen LogP) is 1.84. The van der Waals surface area contributed by atoms with Crippen LogP contribution in [0.3, 0.4) is 0 Å². The van der Waals surface area contributed by atoms with Gasteiger partial charge in [0.1, 0.15) is 23.1 Å². The third-order valence-electron chi connectivity index (χ3n) is 4.92. The van der Waals surface area contributed by atoms with Crippen molar-refractivity contribution in [2.24, 2.45) is 4.99 Å². The number of aliphatic carboxylic acids is 1. The zero-order chi connectivity index (χ0) is 26.1. The molecule has 0 radical (unpaired) electrons.